The van der Waals surface area contributed by atoms with Gasteiger partial charge in [0.05, 0.1) is 12.7 Å². The Morgan fingerprint density at radius 3 is 2.77 bits per heavy atom. The van der Waals surface area contributed by atoms with Crippen LogP contribution in [0, 0.1) is 5.41 Å². The predicted molar refractivity (Wildman–Crippen MR) is 124 cm³/mol. The first-order valence-electron chi connectivity index (χ1n) is 9.53. The van der Waals surface area contributed by atoms with E-state index in [4.69, 9.17) is 26.5 Å². The second kappa shape index (κ2) is 8.95. The van der Waals surface area contributed by atoms with Crippen molar-refractivity contribution in [3.05, 3.63) is 64.2 Å². The molecule has 0 saturated carbocycles. The van der Waals surface area contributed by atoms with Crippen LogP contribution >= 0.6 is 23.4 Å². The molecule has 1 N–H and O–H groups in total. The first-order chi connectivity index (χ1) is 15.0. The number of amides is 1. The van der Waals surface area contributed by atoms with Crippen LogP contribution in [0.3, 0.4) is 0 Å². The largest absolute Gasteiger partial charge is 0.493 e. The average molecular weight is 455 g/mol. The molecule has 0 saturated heterocycles. The molecule has 0 atom stereocenters. The molecule has 1 amide bonds. The highest BCUT2D eigenvalue weighted by Crippen LogP contribution is 2.32. The summed E-state index contributed by atoms with van der Waals surface area (Å²) in [4.78, 5) is 16.6. The third-order valence-electron chi connectivity index (χ3n) is 4.64. The number of rotatable bonds is 6. The Balaban J connectivity index is 1.57. The summed E-state index contributed by atoms with van der Waals surface area (Å²) in [6.45, 7) is 2.26. The van der Waals surface area contributed by atoms with Crippen LogP contribution in [0.15, 0.2) is 58.1 Å². The lowest BCUT2D eigenvalue weighted by molar-refractivity contribution is -0.114. The number of hydrogen-bond donors (Lipinski definition) is 1. The number of fused-ring (bicyclic) bond motifs is 1. The van der Waals surface area contributed by atoms with Gasteiger partial charge in [0.25, 0.3) is 5.91 Å². The van der Waals surface area contributed by atoms with E-state index in [0.717, 1.165) is 10.6 Å². The lowest BCUT2D eigenvalue weighted by Gasteiger charge is -2.20. The lowest BCUT2D eigenvalue weighted by Crippen LogP contribution is -2.35. The van der Waals surface area contributed by atoms with Gasteiger partial charge in [-0.1, -0.05) is 42.8 Å². The minimum Gasteiger partial charge on any atom is -0.493 e. The summed E-state index contributed by atoms with van der Waals surface area (Å²) in [5.74, 6) is 0.588. The molecule has 2 heterocycles. The number of aliphatic imine (C=N–C) groups is 1. The highest BCUT2D eigenvalue weighted by molar-refractivity contribution is 8.26. The molecule has 2 aromatic carbocycles. The second-order valence-electron chi connectivity index (χ2n) is 6.66. The smallest absolute Gasteiger partial charge is 0.283 e. The maximum absolute atomic E-state index is 12.5. The van der Waals surface area contributed by atoms with Gasteiger partial charge in [-0.25, -0.2) is 0 Å². The number of hydrazone groups is 1. The molecule has 2 aliphatic heterocycles. The molecule has 0 bridgehead atoms. The van der Waals surface area contributed by atoms with E-state index in [2.05, 4.69) is 10.1 Å². The molecular weight excluding hydrogens is 436 g/mol. The maximum atomic E-state index is 12.5. The molecule has 158 valence electrons. The summed E-state index contributed by atoms with van der Waals surface area (Å²) >= 11 is 7.50. The van der Waals surface area contributed by atoms with Gasteiger partial charge in [-0.15, -0.1) is 0 Å². The van der Waals surface area contributed by atoms with Gasteiger partial charge in [0, 0.05) is 10.6 Å². The van der Waals surface area contributed by atoms with Crippen LogP contribution in [-0.4, -0.2) is 34.1 Å². The Bertz CT molecular complexity index is 1160. The van der Waals surface area contributed by atoms with Gasteiger partial charge in [-0.05, 0) is 48.0 Å². The van der Waals surface area contributed by atoms with Crippen LogP contribution in [0.25, 0.3) is 6.08 Å². The van der Waals surface area contributed by atoms with Crippen molar-refractivity contribution in [3.63, 3.8) is 0 Å². The standard InChI is InChI=1S/C22H19ClN4O3S/c1-3-19-26-27-20(24)15(21(28)25-22(27)31-19)10-13-8-9-17(18(11-13)29-2)30-12-14-6-4-5-7-16(14)23/h4-11,24H,3,12H2,1-2H3/b15-10+,24-20?. The fraction of sp³-hybridized carbons (Fsp3) is 0.182. The van der Waals surface area contributed by atoms with Crippen molar-refractivity contribution >= 4 is 51.4 Å². The van der Waals surface area contributed by atoms with Crippen molar-refractivity contribution in [2.75, 3.05) is 7.11 Å². The van der Waals surface area contributed by atoms with Gasteiger partial charge in [0.1, 0.15) is 11.7 Å². The van der Waals surface area contributed by atoms with Crippen LogP contribution in [-0.2, 0) is 11.4 Å². The van der Waals surface area contributed by atoms with E-state index in [9.17, 15) is 4.79 Å². The molecule has 9 heteroatoms. The highest BCUT2D eigenvalue weighted by atomic mass is 35.5. The van der Waals surface area contributed by atoms with E-state index in [1.54, 1.807) is 31.4 Å². The van der Waals surface area contributed by atoms with Crippen LogP contribution < -0.4 is 9.47 Å². The minimum absolute atomic E-state index is 0.00367. The van der Waals surface area contributed by atoms with Crippen molar-refractivity contribution in [3.8, 4) is 11.5 Å². The zero-order valence-electron chi connectivity index (χ0n) is 16.9. The predicted octanol–water partition coefficient (Wildman–Crippen LogP) is 4.96. The van der Waals surface area contributed by atoms with E-state index in [-0.39, 0.29) is 11.4 Å². The van der Waals surface area contributed by atoms with Crippen molar-refractivity contribution in [1.82, 2.24) is 5.01 Å². The van der Waals surface area contributed by atoms with Crippen LogP contribution in [0.4, 0.5) is 0 Å². The molecule has 0 unspecified atom stereocenters. The number of nitrogens with zero attached hydrogens (tertiary/aromatic N) is 3. The fourth-order valence-electron chi connectivity index (χ4n) is 3.01. The molecule has 2 aliphatic rings. The number of carbonyl (C=O) groups excluding carboxylic acids is 1. The van der Waals surface area contributed by atoms with Crippen LogP contribution in [0.5, 0.6) is 11.5 Å². The number of methoxy groups -OCH3 is 1. The Morgan fingerprint density at radius 1 is 1.23 bits per heavy atom. The summed E-state index contributed by atoms with van der Waals surface area (Å²) in [6, 6.07) is 12.8. The molecule has 0 spiro atoms. The Labute approximate surface area is 188 Å². The van der Waals surface area contributed by atoms with Crippen LogP contribution in [0.2, 0.25) is 5.02 Å². The number of nitrogens with one attached hydrogen (secondary N) is 1. The molecule has 0 aromatic heterocycles. The molecule has 31 heavy (non-hydrogen) atoms. The molecule has 2 aromatic rings. The monoisotopic (exact) mass is 454 g/mol. The first kappa shape index (κ1) is 21.1. The molecule has 0 aliphatic carbocycles. The average Bonchev–Trinajstić information content (AvgIpc) is 3.19. The number of carbonyl (C=O) groups is 1. The van der Waals surface area contributed by atoms with Gasteiger partial charge in [-0.2, -0.15) is 15.1 Å². The van der Waals surface area contributed by atoms with Crippen LogP contribution in [0.1, 0.15) is 24.5 Å². The Morgan fingerprint density at radius 2 is 2.03 bits per heavy atom. The minimum atomic E-state index is -0.464. The summed E-state index contributed by atoms with van der Waals surface area (Å²) in [5, 5.41) is 16.0. The quantitative estimate of drug-likeness (QED) is 0.623. The fourth-order valence-corrected chi connectivity index (χ4v) is 4.02. The molecule has 7 nitrogen and oxygen atoms in total. The molecule has 0 fully saturated rings. The third kappa shape index (κ3) is 4.35. The van der Waals surface area contributed by atoms with Gasteiger partial charge in [0.2, 0.25) is 5.17 Å². The zero-order valence-corrected chi connectivity index (χ0v) is 18.5. The first-order valence-corrected chi connectivity index (χ1v) is 10.7. The number of hydrogen-bond acceptors (Lipinski definition) is 6. The number of thioether (sulfide) groups is 1. The summed E-state index contributed by atoms with van der Waals surface area (Å²) in [6.07, 6.45) is 2.32. The zero-order chi connectivity index (χ0) is 22.0. The van der Waals surface area contributed by atoms with Gasteiger partial charge < -0.3 is 9.47 Å². The van der Waals surface area contributed by atoms with Crippen molar-refractivity contribution < 1.29 is 14.3 Å². The van der Waals surface area contributed by atoms with E-state index >= 15 is 0 Å². The molecule has 0 radical (unpaired) electrons. The number of amidine groups is 2. The molecular formula is C22H19ClN4O3S. The lowest BCUT2D eigenvalue weighted by atomic mass is 10.1. The van der Waals surface area contributed by atoms with E-state index in [0.29, 0.717) is 40.3 Å². The van der Waals surface area contributed by atoms with Gasteiger partial charge in [-0.3, -0.25) is 10.2 Å². The molecule has 4 rings (SSSR count). The SMILES string of the molecule is CCC1=NN2C(=N)/C(=C\c3ccc(OCc4ccccc4Cl)c(OC)c3)C(=O)N=C2S1. The summed E-state index contributed by atoms with van der Waals surface area (Å²) < 4.78 is 11.3. The van der Waals surface area contributed by atoms with Crippen molar-refractivity contribution in [1.29, 1.82) is 5.41 Å². The van der Waals surface area contributed by atoms with Gasteiger partial charge >= 0.3 is 0 Å². The normalized spacial score (nSPS) is 16.9. The Hall–Kier alpha value is -3.10. The van der Waals surface area contributed by atoms with Crippen molar-refractivity contribution in [2.24, 2.45) is 10.1 Å². The second-order valence-corrected chi connectivity index (χ2v) is 8.11. The summed E-state index contributed by atoms with van der Waals surface area (Å²) in [5.41, 5.74) is 1.71. The van der Waals surface area contributed by atoms with E-state index < -0.39 is 5.91 Å². The topological polar surface area (TPSA) is 87.3 Å². The number of ether oxygens (including phenoxy) is 2. The third-order valence-corrected chi connectivity index (χ3v) is 6.06. The number of benzene rings is 2. The van der Waals surface area contributed by atoms with E-state index in [1.165, 1.54) is 16.8 Å². The maximum Gasteiger partial charge on any atom is 0.283 e. The van der Waals surface area contributed by atoms with E-state index in [1.807, 2.05) is 31.2 Å². The Kier molecular flexibility index (Phi) is 6.11. The number of halogens is 1. The van der Waals surface area contributed by atoms with Crippen molar-refractivity contribution in [2.45, 2.75) is 20.0 Å². The van der Waals surface area contributed by atoms with Gasteiger partial charge in [0.15, 0.2) is 17.3 Å². The summed E-state index contributed by atoms with van der Waals surface area (Å²) in [7, 11) is 1.54. The highest BCUT2D eigenvalue weighted by Gasteiger charge is 2.35.